The molecule has 6 nitrogen and oxygen atoms in total. The lowest BCUT2D eigenvalue weighted by Crippen LogP contribution is -2.64. The van der Waals surface area contributed by atoms with Gasteiger partial charge in [0.1, 0.15) is 6.29 Å². The molecule has 0 aliphatic rings. The summed E-state index contributed by atoms with van der Waals surface area (Å²) in [5.41, 5.74) is 5.72. The molecule has 1 rings (SSSR count). The number of benzene rings is 1. The van der Waals surface area contributed by atoms with Gasteiger partial charge in [-0.25, -0.2) is 0 Å². The number of aldehydes is 1. The quantitative estimate of drug-likeness (QED) is 0.626. The van der Waals surface area contributed by atoms with Gasteiger partial charge in [-0.15, -0.1) is 0 Å². The molecule has 0 aliphatic carbocycles. The van der Waals surface area contributed by atoms with Gasteiger partial charge in [0.15, 0.2) is 0 Å². The molecule has 6 heteroatoms. The van der Waals surface area contributed by atoms with Crippen LogP contribution in [0.1, 0.15) is 54.0 Å². The number of likely N-dealkylation sites (N-methyl/N-ethyl adjacent to an activating group) is 2. The van der Waals surface area contributed by atoms with Crippen LogP contribution in [-0.4, -0.2) is 60.1 Å². The van der Waals surface area contributed by atoms with E-state index in [9.17, 15) is 14.4 Å². The summed E-state index contributed by atoms with van der Waals surface area (Å²) in [6, 6.07) is 7.78. The Balaban J connectivity index is 3.47. The average Bonchev–Trinajstić information content (AvgIpc) is 2.60. The van der Waals surface area contributed by atoms with Gasteiger partial charge in [-0.2, -0.15) is 0 Å². The van der Waals surface area contributed by atoms with Crippen molar-refractivity contribution in [3.8, 4) is 0 Å². The molecule has 0 radical (unpaired) electrons. The number of nitrogens with two attached hydrogens (primary N) is 1. The SMILES string of the molecule is CC(C)C(C=O)N(C)C(=O)C(N(C)C(C(N)=O)C(C)(C)c1ccccc1)C(C)(C)C. The minimum Gasteiger partial charge on any atom is -0.368 e. The van der Waals surface area contributed by atoms with Crippen LogP contribution in [0.5, 0.6) is 0 Å². The molecule has 0 spiro atoms. The Morgan fingerprint density at radius 3 is 1.83 bits per heavy atom. The Kier molecular flexibility index (Phi) is 8.38. The third-order valence-corrected chi connectivity index (χ3v) is 5.96. The van der Waals surface area contributed by atoms with Gasteiger partial charge in [-0.3, -0.25) is 14.5 Å². The van der Waals surface area contributed by atoms with E-state index in [2.05, 4.69) is 0 Å². The second-order valence-electron chi connectivity index (χ2n) is 10.1. The van der Waals surface area contributed by atoms with E-state index in [4.69, 9.17) is 5.73 Å². The van der Waals surface area contributed by atoms with Crippen LogP contribution in [0.15, 0.2) is 30.3 Å². The molecule has 168 valence electrons. The predicted molar refractivity (Wildman–Crippen MR) is 121 cm³/mol. The first-order valence-corrected chi connectivity index (χ1v) is 10.5. The van der Waals surface area contributed by atoms with Crippen LogP contribution in [0.2, 0.25) is 0 Å². The smallest absolute Gasteiger partial charge is 0.240 e. The highest BCUT2D eigenvalue weighted by molar-refractivity contribution is 5.87. The van der Waals surface area contributed by atoms with E-state index in [1.807, 2.05) is 78.8 Å². The first kappa shape index (κ1) is 25.8. The third-order valence-electron chi connectivity index (χ3n) is 5.96. The summed E-state index contributed by atoms with van der Waals surface area (Å²) in [7, 11) is 3.42. The van der Waals surface area contributed by atoms with Gasteiger partial charge in [-0.1, -0.05) is 78.8 Å². The molecule has 0 aromatic heterocycles. The average molecular weight is 418 g/mol. The van der Waals surface area contributed by atoms with Crippen LogP contribution < -0.4 is 5.73 Å². The van der Waals surface area contributed by atoms with Gasteiger partial charge in [-0.05, 0) is 23.9 Å². The minimum absolute atomic E-state index is 0.0185. The minimum atomic E-state index is -0.727. The fourth-order valence-electron chi connectivity index (χ4n) is 4.43. The number of carbonyl (C=O) groups excluding carboxylic acids is 3. The number of hydrogen-bond acceptors (Lipinski definition) is 4. The summed E-state index contributed by atoms with van der Waals surface area (Å²) < 4.78 is 0. The largest absolute Gasteiger partial charge is 0.368 e. The van der Waals surface area contributed by atoms with E-state index >= 15 is 0 Å². The highest BCUT2D eigenvalue weighted by atomic mass is 16.2. The summed E-state index contributed by atoms with van der Waals surface area (Å²) in [5, 5.41) is 0. The number of amides is 2. The molecule has 2 amide bonds. The van der Waals surface area contributed by atoms with E-state index in [0.29, 0.717) is 0 Å². The number of hydrogen-bond donors (Lipinski definition) is 1. The standard InChI is InChI=1S/C24H39N3O3/c1-16(2)18(15-28)26(8)22(30)20(23(3,4)5)27(9)19(21(25)29)24(6,7)17-13-11-10-12-14-17/h10-16,18-20H,1-9H3,(H2,25,29). The van der Waals surface area contributed by atoms with Gasteiger partial charge in [0, 0.05) is 12.5 Å². The maximum atomic E-state index is 13.6. The first-order valence-electron chi connectivity index (χ1n) is 10.5. The highest BCUT2D eigenvalue weighted by Crippen LogP contribution is 2.35. The zero-order chi connectivity index (χ0) is 23.4. The molecule has 1 aromatic carbocycles. The topological polar surface area (TPSA) is 83.7 Å². The second kappa shape index (κ2) is 9.73. The van der Waals surface area contributed by atoms with Crippen molar-refractivity contribution in [2.45, 2.75) is 72.0 Å². The summed E-state index contributed by atoms with van der Waals surface area (Å²) >= 11 is 0. The molecule has 3 unspecified atom stereocenters. The van der Waals surface area contributed by atoms with Crippen molar-refractivity contribution in [2.75, 3.05) is 14.1 Å². The Labute approximate surface area is 181 Å². The Morgan fingerprint density at radius 2 is 1.47 bits per heavy atom. The van der Waals surface area contributed by atoms with Gasteiger partial charge in [0.2, 0.25) is 11.8 Å². The molecular formula is C24H39N3O3. The van der Waals surface area contributed by atoms with Crippen LogP contribution in [0.25, 0.3) is 0 Å². The number of carbonyl (C=O) groups is 3. The Bertz CT molecular complexity index is 738. The van der Waals surface area contributed by atoms with Crippen molar-refractivity contribution in [1.29, 1.82) is 0 Å². The van der Waals surface area contributed by atoms with Crippen molar-refractivity contribution in [2.24, 2.45) is 17.1 Å². The van der Waals surface area contributed by atoms with E-state index in [1.165, 1.54) is 4.90 Å². The zero-order valence-electron chi connectivity index (χ0n) is 20.0. The number of rotatable bonds is 9. The molecule has 1 aromatic rings. The maximum Gasteiger partial charge on any atom is 0.240 e. The van der Waals surface area contributed by atoms with Gasteiger partial charge in [0.05, 0.1) is 18.1 Å². The third kappa shape index (κ3) is 5.48. The van der Waals surface area contributed by atoms with Crippen molar-refractivity contribution in [3.05, 3.63) is 35.9 Å². The second-order valence-corrected chi connectivity index (χ2v) is 10.1. The maximum absolute atomic E-state index is 13.6. The lowest BCUT2D eigenvalue weighted by Gasteiger charge is -2.47. The van der Waals surface area contributed by atoms with Crippen molar-refractivity contribution in [3.63, 3.8) is 0 Å². The molecule has 0 saturated heterocycles. The zero-order valence-corrected chi connectivity index (χ0v) is 20.0. The highest BCUT2D eigenvalue weighted by Gasteiger charge is 2.47. The van der Waals surface area contributed by atoms with Crippen molar-refractivity contribution < 1.29 is 14.4 Å². The monoisotopic (exact) mass is 417 g/mol. The van der Waals surface area contributed by atoms with E-state index in [0.717, 1.165) is 11.8 Å². The predicted octanol–water partition coefficient (Wildman–Crippen LogP) is 2.85. The molecule has 0 heterocycles. The van der Waals surface area contributed by atoms with Crippen molar-refractivity contribution >= 4 is 18.1 Å². The Morgan fingerprint density at radius 1 is 0.967 bits per heavy atom. The van der Waals surface area contributed by atoms with Gasteiger partial charge < -0.3 is 15.4 Å². The van der Waals surface area contributed by atoms with Gasteiger partial charge >= 0.3 is 0 Å². The van der Waals surface area contributed by atoms with E-state index < -0.39 is 34.9 Å². The molecule has 2 N–H and O–H groups in total. The fraction of sp³-hybridized carbons (Fsp3) is 0.625. The fourth-order valence-corrected chi connectivity index (χ4v) is 4.43. The van der Waals surface area contributed by atoms with E-state index in [-0.39, 0.29) is 11.8 Å². The molecule has 0 aliphatic heterocycles. The van der Waals surface area contributed by atoms with Crippen LogP contribution in [0, 0.1) is 11.3 Å². The molecular weight excluding hydrogens is 378 g/mol. The summed E-state index contributed by atoms with van der Waals surface area (Å²) in [5.74, 6) is -0.715. The number of primary amides is 1. The van der Waals surface area contributed by atoms with Crippen LogP contribution in [0.3, 0.4) is 0 Å². The molecule has 30 heavy (non-hydrogen) atoms. The molecule has 0 fully saturated rings. The summed E-state index contributed by atoms with van der Waals surface area (Å²) in [4.78, 5) is 41.2. The first-order chi connectivity index (χ1) is 13.7. The van der Waals surface area contributed by atoms with Crippen LogP contribution >= 0.6 is 0 Å². The molecule has 0 saturated carbocycles. The lowest BCUT2D eigenvalue weighted by molar-refractivity contribution is -0.147. The molecule has 0 bridgehead atoms. The van der Waals surface area contributed by atoms with Crippen molar-refractivity contribution in [1.82, 2.24) is 9.80 Å². The van der Waals surface area contributed by atoms with Crippen LogP contribution in [-0.2, 0) is 19.8 Å². The summed E-state index contributed by atoms with van der Waals surface area (Å²) in [6.45, 7) is 13.6. The lowest BCUT2D eigenvalue weighted by atomic mass is 9.74. The Hall–Kier alpha value is -2.21. The van der Waals surface area contributed by atoms with Crippen LogP contribution in [0.4, 0.5) is 0 Å². The summed E-state index contributed by atoms with van der Waals surface area (Å²) in [6.07, 6.45) is 0.807. The number of nitrogens with zero attached hydrogens (tertiary/aromatic N) is 2. The van der Waals surface area contributed by atoms with E-state index in [1.54, 1.807) is 19.0 Å². The molecule has 3 atom stereocenters. The normalized spacial score (nSPS) is 15.6. The van der Waals surface area contributed by atoms with Gasteiger partial charge in [0.25, 0.3) is 0 Å².